The van der Waals surface area contributed by atoms with Gasteiger partial charge in [-0.1, -0.05) is 5.16 Å². The number of amidine groups is 1. The zero-order chi connectivity index (χ0) is 16.1. The van der Waals surface area contributed by atoms with Crippen LogP contribution < -0.4 is 5.73 Å². The van der Waals surface area contributed by atoms with Crippen LogP contribution in [0.3, 0.4) is 0 Å². The SMILES string of the molecule is Cc1c(I)cnn1CCC(=O)O/N=C(\N)c1ccc(F)cc1. The van der Waals surface area contributed by atoms with E-state index in [1.54, 1.807) is 10.9 Å². The summed E-state index contributed by atoms with van der Waals surface area (Å²) in [4.78, 5) is 16.4. The molecular weight excluding hydrogens is 402 g/mol. The molecule has 0 bridgehead atoms. The Hall–Kier alpha value is -1.97. The van der Waals surface area contributed by atoms with Crippen molar-refractivity contribution in [2.45, 2.75) is 19.9 Å². The van der Waals surface area contributed by atoms with E-state index in [0.29, 0.717) is 12.1 Å². The Morgan fingerprint density at radius 1 is 1.45 bits per heavy atom. The Balaban J connectivity index is 1.88. The largest absolute Gasteiger partial charge is 0.380 e. The Labute approximate surface area is 140 Å². The smallest absolute Gasteiger partial charge is 0.336 e. The molecule has 116 valence electrons. The van der Waals surface area contributed by atoms with Crippen LogP contribution in [0.15, 0.2) is 35.6 Å². The number of halogens is 2. The van der Waals surface area contributed by atoms with Crippen LogP contribution in [0.25, 0.3) is 0 Å². The van der Waals surface area contributed by atoms with Crippen LogP contribution in [0.5, 0.6) is 0 Å². The van der Waals surface area contributed by atoms with Crippen LogP contribution in [-0.4, -0.2) is 21.6 Å². The summed E-state index contributed by atoms with van der Waals surface area (Å²) in [6.07, 6.45) is 1.85. The standard InChI is InChI=1S/C14H14FIN4O2/c1-9-12(16)8-18-20(9)7-6-13(21)22-19-14(17)10-2-4-11(15)5-3-10/h2-5,8H,6-7H2,1H3,(H2,17,19). The summed E-state index contributed by atoms with van der Waals surface area (Å²) in [6, 6.07) is 5.41. The van der Waals surface area contributed by atoms with Crippen molar-refractivity contribution < 1.29 is 14.0 Å². The highest BCUT2D eigenvalue weighted by atomic mass is 127. The lowest BCUT2D eigenvalue weighted by molar-refractivity contribution is -0.144. The molecule has 2 N–H and O–H groups in total. The van der Waals surface area contributed by atoms with Crippen molar-refractivity contribution in [2.24, 2.45) is 10.9 Å². The topological polar surface area (TPSA) is 82.5 Å². The molecule has 0 saturated heterocycles. The fourth-order valence-electron chi connectivity index (χ4n) is 1.67. The quantitative estimate of drug-likeness (QED) is 0.266. The third-order valence-electron chi connectivity index (χ3n) is 2.96. The van der Waals surface area contributed by atoms with Gasteiger partial charge in [0, 0.05) is 11.3 Å². The van der Waals surface area contributed by atoms with Crippen molar-refractivity contribution in [3.05, 3.63) is 51.1 Å². The fraction of sp³-hybridized carbons (Fsp3) is 0.214. The van der Waals surface area contributed by atoms with Crippen molar-refractivity contribution in [2.75, 3.05) is 0 Å². The fourth-order valence-corrected chi connectivity index (χ4v) is 2.07. The van der Waals surface area contributed by atoms with Crippen LogP contribution >= 0.6 is 22.6 Å². The maximum Gasteiger partial charge on any atom is 0.336 e. The average molecular weight is 416 g/mol. The molecule has 0 amide bonds. The van der Waals surface area contributed by atoms with Gasteiger partial charge in [0.15, 0.2) is 5.84 Å². The van der Waals surface area contributed by atoms with Gasteiger partial charge in [-0.15, -0.1) is 0 Å². The van der Waals surface area contributed by atoms with Crippen molar-refractivity contribution in [3.63, 3.8) is 0 Å². The summed E-state index contributed by atoms with van der Waals surface area (Å²) in [6.45, 7) is 2.32. The molecule has 1 aromatic heterocycles. The lowest BCUT2D eigenvalue weighted by atomic mass is 10.2. The van der Waals surface area contributed by atoms with Gasteiger partial charge in [0.2, 0.25) is 0 Å². The minimum Gasteiger partial charge on any atom is -0.380 e. The highest BCUT2D eigenvalue weighted by Crippen LogP contribution is 2.10. The number of oxime groups is 1. The maximum atomic E-state index is 12.8. The number of nitrogens with zero attached hydrogens (tertiary/aromatic N) is 3. The lowest BCUT2D eigenvalue weighted by Gasteiger charge is -2.03. The highest BCUT2D eigenvalue weighted by Gasteiger charge is 2.08. The van der Waals surface area contributed by atoms with Crippen molar-refractivity contribution in [3.8, 4) is 0 Å². The molecule has 2 rings (SSSR count). The summed E-state index contributed by atoms with van der Waals surface area (Å²) < 4.78 is 15.5. The van der Waals surface area contributed by atoms with Crippen LogP contribution in [0.2, 0.25) is 0 Å². The second kappa shape index (κ2) is 7.34. The Morgan fingerprint density at radius 2 is 2.14 bits per heavy atom. The minimum atomic E-state index is -0.519. The Bertz CT molecular complexity index is 697. The van der Waals surface area contributed by atoms with E-state index in [2.05, 4.69) is 32.8 Å². The van der Waals surface area contributed by atoms with Gasteiger partial charge in [0.1, 0.15) is 5.82 Å². The first-order chi connectivity index (χ1) is 10.5. The van der Waals surface area contributed by atoms with Crippen molar-refractivity contribution in [1.82, 2.24) is 9.78 Å². The summed E-state index contributed by atoms with van der Waals surface area (Å²) in [7, 11) is 0. The van der Waals surface area contributed by atoms with Gasteiger partial charge in [-0.2, -0.15) is 5.10 Å². The number of benzene rings is 1. The molecule has 0 fully saturated rings. The van der Waals surface area contributed by atoms with Crippen LogP contribution in [0.1, 0.15) is 17.7 Å². The first-order valence-electron chi connectivity index (χ1n) is 6.44. The lowest BCUT2D eigenvalue weighted by Crippen LogP contribution is -2.16. The molecule has 0 unspecified atom stereocenters. The maximum absolute atomic E-state index is 12.8. The number of aryl methyl sites for hydroxylation is 1. The minimum absolute atomic E-state index is 0.0122. The van der Waals surface area contributed by atoms with Gasteiger partial charge >= 0.3 is 5.97 Å². The number of hydrogen-bond donors (Lipinski definition) is 1. The van der Waals surface area contributed by atoms with Crippen molar-refractivity contribution in [1.29, 1.82) is 0 Å². The van der Waals surface area contributed by atoms with E-state index in [1.807, 2.05) is 6.92 Å². The molecule has 8 heteroatoms. The summed E-state index contributed by atoms with van der Waals surface area (Å²) >= 11 is 2.17. The molecular formula is C14H14FIN4O2. The van der Waals surface area contributed by atoms with Gasteiger partial charge in [0.05, 0.1) is 22.7 Å². The van der Waals surface area contributed by atoms with Crippen LogP contribution in [0.4, 0.5) is 4.39 Å². The van der Waals surface area contributed by atoms with Gasteiger partial charge in [-0.3, -0.25) is 4.68 Å². The zero-order valence-electron chi connectivity index (χ0n) is 11.8. The third kappa shape index (κ3) is 4.26. The number of nitrogens with two attached hydrogens (primary N) is 1. The highest BCUT2D eigenvalue weighted by molar-refractivity contribution is 14.1. The van der Waals surface area contributed by atoms with E-state index < -0.39 is 5.97 Å². The monoisotopic (exact) mass is 416 g/mol. The van der Waals surface area contributed by atoms with E-state index in [9.17, 15) is 9.18 Å². The van der Waals surface area contributed by atoms with E-state index in [0.717, 1.165) is 9.26 Å². The molecule has 0 atom stereocenters. The van der Waals surface area contributed by atoms with E-state index in [4.69, 9.17) is 10.6 Å². The summed E-state index contributed by atoms with van der Waals surface area (Å²) in [5, 5.41) is 7.70. The number of hydrogen-bond acceptors (Lipinski definition) is 4. The van der Waals surface area contributed by atoms with Gasteiger partial charge < -0.3 is 10.6 Å². The first kappa shape index (κ1) is 16.4. The molecule has 6 nitrogen and oxygen atoms in total. The molecule has 0 aliphatic rings. The van der Waals surface area contributed by atoms with Crippen LogP contribution in [-0.2, 0) is 16.2 Å². The zero-order valence-corrected chi connectivity index (χ0v) is 13.9. The van der Waals surface area contributed by atoms with Crippen molar-refractivity contribution >= 4 is 34.4 Å². The summed E-state index contributed by atoms with van der Waals surface area (Å²) in [5.41, 5.74) is 7.13. The second-order valence-corrected chi connectivity index (χ2v) is 5.66. The molecule has 0 radical (unpaired) electrons. The van der Waals surface area contributed by atoms with Gasteiger partial charge in [-0.05, 0) is 53.8 Å². The molecule has 0 spiro atoms. The first-order valence-corrected chi connectivity index (χ1v) is 7.52. The third-order valence-corrected chi connectivity index (χ3v) is 4.02. The molecule has 0 aliphatic heterocycles. The molecule has 22 heavy (non-hydrogen) atoms. The van der Waals surface area contributed by atoms with Crippen LogP contribution in [0, 0.1) is 16.3 Å². The van der Waals surface area contributed by atoms with E-state index in [1.165, 1.54) is 24.3 Å². The van der Waals surface area contributed by atoms with E-state index >= 15 is 0 Å². The number of carbonyl (C=O) groups excluding carboxylic acids is 1. The number of rotatable bonds is 5. The Kier molecular flexibility index (Phi) is 5.47. The molecule has 0 saturated carbocycles. The predicted molar refractivity (Wildman–Crippen MR) is 87.5 cm³/mol. The molecule has 1 heterocycles. The average Bonchev–Trinajstić information content (AvgIpc) is 2.83. The van der Waals surface area contributed by atoms with Gasteiger partial charge in [0.25, 0.3) is 0 Å². The number of carbonyl (C=O) groups is 1. The van der Waals surface area contributed by atoms with Gasteiger partial charge in [-0.25, -0.2) is 9.18 Å². The summed E-state index contributed by atoms with van der Waals surface area (Å²) in [5.74, 6) is -0.883. The normalized spacial score (nSPS) is 11.5. The second-order valence-electron chi connectivity index (χ2n) is 4.50. The predicted octanol–water partition coefficient (Wildman–Crippen LogP) is 2.19. The van der Waals surface area contributed by atoms with E-state index in [-0.39, 0.29) is 18.1 Å². The Morgan fingerprint density at radius 3 is 2.73 bits per heavy atom. The molecule has 2 aromatic rings. The number of aromatic nitrogens is 2. The molecule has 0 aliphatic carbocycles. The molecule has 1 aromatic carbocycles.